The van der Waals surface area contributed by atoms with Crippen LogP contribution < -0.4 is 9.47 Å². The molecule has 0 fully saturated rings. The maximum absolute atomic E-state index is 11.4. The van der Waals surface area contributed by atoms with Gasteiger partial charge in [0.1, 0.15) is 6.29 Å². The van der Waals surface area contributed by atoms with Crippen molar-refractivity contribution in [2.45, 2.75) is 19.3 Å². The molecule has 1 unspecified atom stereocenters. The molecule has 0 saturated carbocycles. The zero-order chi connectivity index (χ0) is 13.9. The van der Waals surface area contributed by atoms with Gasteiger partial charge in [0.2, 0.25) is 6.79 Å². The van der Waals surface area contributed by atoms with Gasteiger partial charge in [-0.15, -0.1) is 0 Å². The van der Waals surface area contributed by atoms with Crippen LogP contribution in [0.3, 0.4) is 0 Å². The summed E-state index contributed by atoms with van der Waals surface area (Å²) in [5.74, 6) is 1.40. The Morgan fingerprint density at radius 1 is 1.15 bits per heavy atom. The molecule has 1 atom stereocenters. The molecule has 20 heavy (non-hydrogen) atoms. The third-order valence-electron chi connectivity index (χ3n) is 3.64. The highest BCUT2D eigenvalue weighted by Crippen LogP contribution is 2.34. The first-order valence-corrected chi connectivity index (χ1v) is 6.67. The highest BCUT2D eigenvalue weighted by atomic mass is 16.7. The van der Waals surface area contributed by atoms with Crippen LogP contribution in [0.5, 0.6) is 11.5 Å². The van der Waals surface area contributed by atoms with Crippen LogP contribution in [0.4, 0.5) is 0 Å². The standard InChI is InChI=1S/C17H16O3/c1-12-4-2-3-5-15(12)14(10-18)8-13-6-7-16-17(9-13)20-11-19-16/h2-7,9-10,14H,8,11H2,1H3. The van der Waals surface area contributed by atoms with Gasteiger partial charge in [-0.05, 0) is 42.2 Å². The summed E-state index contributed by atoms with van der Waals surface area (Å²) < 4.78 is 10.7. The van der Waals surface area contributed by atoms with E-state index in [2.05, 4.69) is 0 Å². The van der Waals surface area contributed by atoms with Crippen molar-refractivity contribution < 1.29 is 14.3 Å². The normalized spacial score (nSPS) is 14.1. The summed E-state index contributed by atoms with van der Waals surface area (Å²) in [6.45, 7) is 2.30. The summed E-state index contributed by atoms with van der Waals surface area (Å²) in [7, 11) is 0. The number of hydrogen-bond donors (Lipinski definition) is 0. The molecule has 0 saturated heterocycles. The molecule has 0 N–H and O–H groups in total. The second-order valence-electron chi connectivity index (χ2n) is 4.99. The lowest BCUT2D eigenvalue weighted by atomic mass is 9.90. The van der Waals surface area contributed by atoms with Crippen molar-refractivity contribution >= 4 is 6.29 Å². The van der Waals surface area contributed by atoms with E-state index in [1.807, 2.05) is 49.4 Å². The number of carbonyl (C=O) groups is 1. The van der Waals surface area contributed by atoms with Crippen molar-refractivity contribution in [3.63, 3.8) is 0 Å². The molecule has 0 amide bonds. The SMILES string of the molecule is Cc1ccccc1C(C=O)Cc1ccc2c(c1)OCO2. The maximum atomic E-state index is 11.4. The minimum atomic E-state index is -0.128. The smallest absolute Gasteiger partial charge is 0.231 e. The molecule has 2 aromatic rings. The quantitative estimate of drug-likeness (QED) is 0.798. The number of rotatable bonds is 4. The van der Waals surface area contributed by atoms with E-state index in [-0.39, 0.29) is 12.7 Å². The van der Waals surface area contributed by atoms with E-state index >= 15 is 0 Å². The highest BCUT2D eigenvalue weighted by Gasteiger charge is 2.17. The van der Waals surface area contributed by atoms with E-state index < -0.39 is 0 Å². The van der Waals surface area contributed by atoms with Gasteiger partial charge in [0, 0.05) is 5.92 Å². The van der Waals surface area contributed by atoms with Crippen LogP contribution in [-0.4, -0.2) is 13.1 Å². The van der Waals surface area contributed by atoms with Gasteiger partial charge in [-0.2, -0.15) is 0 Å². The van der Waals surface area contributed by atoms with Crippen LogP contribution >= 0.6 is 0 Å². The Labute approximate surface area is 118 Å². The fourth-order valence-corrected chi connectivity index (χ4v) is 2.56. The molecule has 2 aromatic carbocycles. The lowest BCUT2D eigenvalue weighted by Crippen LogP contribution is -2.06. The molecule has 1 aliphatic rings. The Hall–Kier alpha value is -2.29. The summed E-state index contributed by atoms with van der Waals surface area (Å²) in [4.78, 5) is 11.4. The topological polar surface area (TPSA) is 35.5 Å². The number of aldehydes is 1. The molecule has 0 bridgehead atoms. The van der Waals surface area contributed by atoms with Crippen LogP contribution in [0, 0.1) is 6.92 Å². The van der Waals surface area contributed by atoms with Crippen molar-refractivity contribution in [2.75, 3.05) is 6.79 Å². The van der Waals surface area contributed by atoms with Gasteiger partial charge in [-0.25, -0.2) is 0 Å². The minimum Gasteiger partial charge on any atom is -0.454 e. The molecule has 3 heteroatoms. The summed E-state index contributed by atoms with van der Waals surface area (Å²) in [5.41, 5.74) is 3.31. The van der Waals surface area contributed by atoms with Crippen LogP contribution in [0.25, 0.3) is 0 Å². The molecular formula is C17H16O3. The van der Waals surface area contributed by atoms with Crippen LogP contribution in [0.15, 0.2) is 42.5 Å². The fraction of sp³-hybridized carbons (Fsp3) is 0.235. The largest absolute Gasteiger partial charge is 0.454 e. The van der Waals surface area contributed by atoms with Gasteiger partial charge in [-0.1, -0.05) is 30.3 Å². The number of carbonyl (C=O) groups excluding carboxylic acids is 1. The fourth-order valence-electron chi connectivity index (χ4n) is 2.56. The Bertz CT molecular complexity index is 634. The second kappa shape index (κ2) is 5.37. The third kappa shape index (κ3) is 2.39. The molecule has 0 aromatic heterocycles. The Balaban J connectivity index is 1.85. The van der Waals surface area contributed by atoms with E-state index in [1.165, 1.54) is 0 Å². The Kier molecular flexibility index (Phi) is 3.42. The number of ether oxygens (including phenoxy) is 2. The molecule has 3 rings (SSSR count). The number of aryl methyl sites for hydroxylation is 1. The first-order chi connectivity index (χ1) is 9.78. The van der Waals surface area contributed by atoms with Crippen LogP contribution in [0.1, 0.15) is 22.6 Å². The van der Waals surface area contributed by atoms with E-state index in [4.69, 9.17) is 9.47 Å². The van der Waals surface area contributed by atoms with Gasteiger partial charge in [0.05, 0.1) is 0 Å². The Morgan fingerprint density at radius 2 is 1.95 bits per heavy atom. The predicted octanol–water partition coefficient (Wildman–Crippen LogP) is 3.25. The van der Waals surface area contributed by atoms with E-state index in [9.17, 15) is 4.79 Å². The Morgan fingerprint density at radius 3 is 2.75 bits per heavy atom. The minimum absolute atomic E-state index is 0.128. The summed E-state index contributed by atoms with van der Waals surface area (Å²) in [5, 5.41) is 0. The maximum Gasteiger partial charge on any atom is 0.231 e. The highest BCUT2D eigenvalue weighted by molar-refractivity contribution is 5.64. The van der Waals surface area contributed by atoms with E-state index in [0.29, 0.717) is 6.42 Å². The molecule has 0 aliphatic carbocycles. The van der Waals surface area contributed by atoms with Gasteiger partial charge < -0.3 is 14.3 Å². The molecule has 3 nitrogen and oxygen atoms in total. The molecule has 102 valence electrons. The molecular weight excluding hydrogens is 252 g/mol. The van der Waals surface area contributed by atoms with Crippen molar-refractivity contribution in [1.82, 2.24) is 0 Å². The molecule has 1 heterocycles. The van der Waals surface area contributed by atoms with Gasteiger partial charge in [-0.3, -0.25) is 0 Å². The van der Waals surface area contributed by atoms with E-state index in [1.54, 1.807) is 0 Å². The number of fused-ring (bicyclic) bond motifs is 1. The average molecular weight is 268 g/mol. The number of hydrogen-bond acceptors (Lipinski definition) is 3. The van der Waals surface area contributed by atoms with Crippen molar-refractivity contribution in [3.05, 3.63) is 59.2 Å². The average Bonchev–Trinajstić information content (AvgIpc) is 2.93. The van der Waals surface area contributed by atoms with Crippen LogP contribution in [-0.2, 0) is 11.2 Å². The summed E-state index contributed by atoms with van der Waals surface area (Å²) >= 11 is 0. The monoisotopic (exact) mass is 268 g/mol. The molecule has 1 aliphatic heterocycles. The summed E-state index contributed by atoms with van der Waals surface area (Å²) in [6.07, 6.45) is 1.69. The third-order valence-corrected chi connectivity index (χ3v) is 3.64. The summed E-state index contributed by atoms with van der Waals surface area (Å²) in [6, 6.07) is 13.9. The van der Waals surface area contributed by atoms with Crippen LogP contribution in [0.2, 0.25) is 0 Å². The first-order valence-electron chi connectivity index (χ1n) is 6.67. The van der Waals surface area contributed by atoms with Gasteiger partial charge >= 0.3 is 0 Å². The zero-order valence-corrected chi connectivity index (χ0v) is 11.3. The van der Waals surface area contributed by atoms with Crippen molar-refractivity contribution in [2.24, 2.45) is 0 Å². The predicted molar refractivity (Wildman–Crippen MR) is 76.3 cm³/mol. The molecule has 0 spiro atoms. The zero-order valence-electron chi connectivity index (χ0n) is 11.3. The first kappa shape index (κ1) is 12.7. The lowest BCUT2D eigenvalue weighted by molar-refractivity contribution is -0.109. The van der Waals surface area contributed by atoms with Gasteiger partial charge in [0.25, 0.3) is 0 Å². The molecule has 0 radical (unpaired) electrons. The second-order valence-corrected chi connectivity index (χ2v) is 4.99. The van der Waals surface area contributed by atoms with Crippen molar-refractivity contribution in [3.8, 4) is 11.5 Å². The number of benzene rings is 2. The van der Waals surface area contributed by atoms with E-state index in [0.717, 1.165) is 34.5 Å². The van der Waals surface area contributed by atoms with Crippen molar-refractivity contribution in [1.29, 1.82) is 0 Å². The lowest BCUT2D eigenvalue weighted by Gasteiger charge is -2.13. The van der Waals surface area contributed by atoms with Gasteiger partial charge in [0.15, 0.2) is 11.5 Å².